The Morgan fingerprint density at radius 3 is 2.85 bits per heavy atom. The zero-order valence-electron chi connectivity index (χ0n) is 6.73. The summed E-state index contributed by atoms with van der Waals surface area (Å²) >= 11 is 10.2. The number of nitrogens with zero attached hydrogens (tertiary/aromatic N) is 3. The zero-order valence-corrected chi connectivity index (χ0v) is 9.93. The van der Waals surface area contributed by atoms with Gasteiger partial charge in [0.1, 0.15) is 5.38 Å². The van der Waals surface area contributed by atoms with E-state index in [2.05, 4.69) is 10.2 Å². The van der Waals surface area contributed by atoms with Crippen LogP contribution in [0.15, 0.2) is 8.68 Å². The van der Waals surface area contributed by atoms with Crippen LogP contribution in [0.3, 0.4) is 0 Å². The number of halogens is 1. The quantitative estimate of drug-likeness (QED) is 0.608. The van der Waals surface area contributed by atoms with Crippen molar-refractivity contribution in [2.75, 3.05) is 12.0 Å². The summed E-state index contributed by atoms with van der Waals surface area (Å²) < 4.78 is 1.80. The molecule has 1 heterocycles. The molecule has 0 N–H and O–H groups in total. The fraction of sp³-hybridized carbons (Fsp3) is 0.500. The molecule has 0 amide bonds. The molecule has 0 aliphatic heterocycles. The standard InChI is InChI=1S/C6H6ClN3S3/c1-11-5-9-10-6(13-5)12-3-4(7)2-8/h4H,3H2,1H3. The van der Waals surface area contributed by atoms with E-state index in [0.29, 0.717) is 5.75 Å². The third kappa shape index (κ3) is 3.73. The van der Waals surface area contributed by atoms with E-state index in [1.165, 1.54) is 23.1 Å². The molecule has 70 valence electrons. The highest BCUT2D eigenvalue weighted by atomic mass is 35.5. The molecule has 1 unspecified atom stereocenters. The van der Waals surface area contributed by atoms with Gasteiger partial charge in [-0.25, -0.2) is 0 Å². The van der Waals surface area contributed by atoms with Gasteiger partial charge >= 0.3 is 0 Å². The van der Waals surface area contributed by atoms with Crippen LogP contribution in [0.25, 0.3) is 0 Å². The number of alkyl halides is 1. The Morgan fingerprint density at radius 2 is 2.31 bits per heavy atom. The van der Waals surface area contributed by atoms with Crippen molar-refractivity contribution in [3.05, 3.63) is 0 Å². The van der Waals surface area contributed by atoms with Gasteiger partial charge in [-0.05, 0) is 6.26 Å². The molecule has 0 saturated carbocycles. The molecule has 0 fully saturated rings. The maximum absolute atomic E-state index is 8.43. The number of nitriles is 1. The molecule has 1 atom stereocenters. The molecule has 0 radical (unpaired) electrons. The van der Waals surface area contributed by atoms with Gasteiger partial charge in [0.25, 0.3) is 0 Å². The van der Waals surface area contributed by atoms with Crippen LogP contribution in [-0.2, 0) is 0 Å². The lowest BCUT2D eigenvalue weighted by Gasteiger charge is -1.94. The molecule has 1 rings (SSSR count). The topological polar surface area (TPSA) is 49.6 Å². The Morgan fingerprint density at radius 1 is 1.62 bits per heavy atom. The molecule has 0 aliphatic rings. The van der Waals surface area contributed by atoms with Gasteiger partial charge in [-0.1, -0.05) is 34.9 Å². The first-order valence-corrected chi connectivity index (χ1v) is 6.76. The molecule has 13 heavy (non-hydrogen) atoms. The van der Waals surface area contributed by atoms with Crippen LogP contribution in [0.2, 0.25) is 0 Å². The van der Waals surface area contributed by atoms with E-state index in [-0.39, 0.29) is 0 Å². The van der Waals surface area contributed by atoms with Crippen LogP contribution >= 0.6 is 46.5 Å². The first-order chi connectivity index (χ1) is 6.26. The van der Waals surface area contributed by atoms with E-state index >= 15 is 0 Å². The Balaban J connectivity index is 2.42. The minimum atomic E-state index is -0.452. The lowest BCUT2D eigenvalue weighted by Crippen LogP contribution is -1.96. The third-order valence-corrected chi connectivity index (χ3v) is 4.62. The SMILES string of the molecule is CSc1nnc(SCC(Cl)C#N)s1. The largest absolute Gasteiger partial charge is 0.197 e. The second kappa shape index (κ2) is 5.70. The maximum atomic E-state index is 8.43. The van der Waals surface area contributed by atoms with E-state index < -0.39 is 5.38 Å². The summed E-state index contributed by atoms with van der Waals surface area (Å²) in [6.07, 6.45) is 1.95. The second-order valence-corrected chi connectivity index (χ2v) is 5.77. The predicted molar refractivity (Wildman–Crippen MR) is 57.7 cm³/mol. The highest BCUT2D eigenvalue weighted by molar-refractivity contribution is 8.03. The fourth-order valence-electron chi connectivity index (χ4n) is 0.520. The van der Waals surface area contributed by atoms with Gasteiger partial charge in [0.05, 0.1) is 6.07 Å². The molecular weight excluding hydrogens is 246 g/mol. The fourth-order valence-corrected chi connectivity index (χ4v) is 3.01. The van der Waals surface area contributed by atoms with Crippen molar-refractivity contribution >= 4 is 46.5 Å². The predicted octanol–water partition coefficient (Wildman–Crippen LogP) is 2.48. The lowest BCUT2D eigenvalue weighted by molar-refractivity contribution is 0.955. The average molecular weight is 252 g/mol. The van der Waals surface area contributed by atoms with Crippen LogP contribution in [0.4, 0.5) is 0 Å². The van der Waals surface area contributed by atoms with Crippen LogP contribution in [-0.4, -0.2) is 27.6 Å². The normalized spacial score (nSPS) is 12.4. The second-order valence-electron chi connectivity index (χ2n) is 1.95. The van der Waals surface area contributed by atoms with Crippen LogP contribution in [0.5, 0.6) is 0 Å². The summed E-state index contributed by atoms with van der Waals surface area (Å²) in [4.78, 5) is 0. The summed E-state index contributed by atoms with van der Waals surface area (Å²) in [6, 6.07) is 1.95. The summed E-state index contributed by atoms with van der Waals surface area (Å²) in [5, 5.41) is 15.8. The minimum absolute atomic E-state index is 0.452. The van der Waals surface area contributed by atoms with E-state index in [1.54, 1.807) is 11.8 Å². The number of rotatable bonds is 4. The van der Waals surface area contributed by atoms with Gasteiger partial charge in [-0.3, -0.25) is 0 Å². The van der Waals surface area contributed by atoms with Crippen molar-refractivity contribution in [3.8, 4) is 6.07 Å². The molecule has 0 bridgehead atoms. The zero-order chi connectivity index (χ0) is 9.68. The molecule has 7 heteroatoms. The van der Waals surface area contributed by atoms with Gasteiger partial charge in [0.2, 0.25) is 0 Å². The summed E-state index contributed by atoms with van der Waals surface area (Å²) in [5.41, 5.74) is 0. The smallest absolute Gasteiger partial charge is 0.175 e. The van der Waals surface area contributed by atoms with Crippen molar-refractivity contribution in [3.63, 3.8) is 0 Å². The Bertz CT molecular complexity index is 308. The Labute approximate surface area is 93.9 Å². The van der Waals surface area contributed by atoms with Crippen molar-refractivity contribution < 1.29 is 0 Å². The first-order valence-electron chi connectivity index (χ1n) is 3.30. The number of thioether (sulfide) groups is 2. The van der Waals surface area contributed by atoms with Gasteiger partial charge in [0.15, 0.2) is 8.68 Å². The summed E-state index contributed by atoms with van der Waals surface area (Å²) in [5.74, 6) is 0.557. The van der Waals surface area contributed by atoms with Crippen molar-refractivity contribution in [1.82, 2.24) is 10.2 Å². The Hall–Kier alpha value is 0.0400. The first kappa shape index (κ1) is 11.1. The van der Waals surface area contributed by atoms with Crippen LogP contribution in [0, 0.1) is 11.3 Å². The van der Waals surface area contributed by atoms with Crippen LogP contribution < -0.4 is 0 Å². The number of aromatic nitrogens is 2. The molecule has 1 aromatic heterocycles. The van der Waals surface area contributed by atoms with E-state index in [9.17, 15) is 0 Å². The summed E-state index contributed by atoms with van der Waals surface area (Å²) in [7, 11) is 0. The summed E-state index contributed by atoms with van der Waals surface area (Å²) in [6.45, 7) is 0. The molecule has 0 aliphatic carbocycles. The van der Waals surface area contributed by atoms with E-state index in [1.807, 2.05) is 12.3 Å². The lowest BCUT2D eigenvalue weighted by atomic mass is 10.5. The molecular formula is C6H6ClN3S3. The van der Waals surface area contributed by atoms with E-state index in [4.69, 9.17) is 16.9 Å². The van der Waals surface area contributed by atoms with Crippen molar-refractivity contribution in [2.24, 2.45) is 0 Å². The van der Waals surface area contributed by atoms with Gasteiger partial charge < -0.3 is 0 Å². The molecule has 0 saturated heterocycles. The monoisotopic (exact) mass is 251 g/mol. The van der Waals surface area contributed by atoms with Gasteiger partial charge in [0, 0.05) is 5.75 Å². The molecule has 3 nitrogen and oxygen atoms in total. The maximum Gasteiger partial charge on any atom is 0.175 e. The third-order valence-electron chi connectivity index (χ3n) is 1.06. The van der Waals surface area contributed by atoms with Crippen LogP contribution in [0.1, 0.15) is 0 Å². The molecule has 1 aromatic rings. The number of hydrogen-bond donors (Lipinski definition) is 0. The highest BCUT2D eigenvalue weighted by Gasteiger charge is 2.07. The minimum Gasteiger partial charge on any atom is -0.197 e. The average Bonchev–Trinajstić information content (AvgIpc) is 2.61. The van der Waals surface area contributed by atoms with Gasteiger partial charge in [-0.15, -0.1) is 21.8 Å². The van der Waals surface area contributed by atoms with E-state index in [0.717, 1.165) is 8.68 Å². The number of hydrogen-bond acceptors (Lipinski definition) is 6. The highest BCUT2D eigenvalue weighted by Crippen LogP contribution is 2.28. The Kier molecular flexibility index (Phi) is 4.88. The molecule has 0 spiro atoms. The van der Waals surface area contributed by atoms with Gasteiger partial charge in [-0.2, -0.15) is 5.26 Å². The molecule has 0 aromatic carbocycles. The van der Waals surface area contributed by atoms with Crippen molar-refractivity contribution in [2.45, 2.75) is 14.1 Å². The van der Waals surface area contributed by atoms with Crippen molar-refractivity contribution in [1.29, 1.82) is 5.26 Å².